The van der Waals surface area contributed by atoms with Gasteiger partial charge in [-0.25, -0.2) is 0 Å². The molecule has 0 aliphatic carbocycles. The molecule has 0 aliphatic heterocycles. The molecular formula is C14H4Br2I2S2. The van der Waals surface area contributed by atoms with Crippen LogP contribution in [-0.2, 0) is 0 Å². The predicted octanol–water partition coefficient (Wildman–Crippen LogP) is 7.15. The van der Waals surface area contributed by atoms with Gasteiger partial charge in [0.15, 0.2) is 0 Å². The molecule has 6 heteroatoms. The van der Waals surface area contributed by atoms with E-state index in [9.17, 15) is 0 Å². The molecule has 0 spiro atoms. The van der Waals surface area contributed by atoms with Gasteiger partial charge in [0.25, 0.3) is 0 Å². The topological polar surface area (TPSA) is 0 Å². The molecule has 100 valence electrons. The third-order valence-electron chi connectivity index (χ3n) is 2.53. The van der Waals surface area contributed by atoms with Crippen molar-refractivity contribution in [1.82, 2.24) is 0 Å². The Bertz CT molecular complexity index is 716. The van der Waals surface area contributed by atoms with E-state index in [0.29, 0.717) is 0 Å². The molecule has 0 amide bonds. The summed E-state index contributed by atoms with van der Waals surface area (Å²) in [6.45, 7) is 0. The zero-order chi connectivity index (χ0) is 14.5. The summed E-state index contributed by atoms with van der Waals surface area (Å²) in [6.07, 6.45) is 0. The molecule has 0 N–H and O–H groups in total. The van der Waals surface area contributed by atoms with Crippen LogP contribution in [0.15, 0.2) is 33.2 Å². The Labute approximate surface area is 167 Å². The van der Waals surface area contributed by atoms with Crippen molar-refractivity contribution in [1.29, 1.82) is 0 Å². The molecule has 0 bridgehead atoms. The third kappa shape index (κ3) is 4.02. The lowest BCUT2D eigenvalue weighted by atomic mass is 10.0. The van der Waals surface area contributed by atoms with Gasteiger partial charge in [0.2, 0.25) is 0 Å². The number of hydrogen-bond acceptors (Lipinski definition) is 2. The molecule has 0 saturated carbocycles. The Balaban J connectivity index is 2.81. The predicted molar refractivity (Wildman–Crippen MR) is 116 cm³/mol. The lowest BCUT2D eigenvalue weighted by Crippen LogP contribution is -1.87. The fourth-order valence-electron chi connectivity index (χ4n) is 1.75. The number of hydrogen-bond donors (Lipinski definition) is 0. The minimum Gasteiger partial charge on any atom is -0.0524 e. The van der Waals surface area contributed by atoms with Crippen LogP contribution in [0.3, 0.4) is 0 Å². The van der Waals surface area contributed by atoms with Crippen LogP contribution in [-0.4, -0.2) is 0 Å². The number of benzene rings is 2. The van der Waals surface area contributed by atoms with Gasteiger partial charge in [0.1, 0.15) is 0 Å². The van der Waals surface area contributed by atoms with Crippen LogP contribution in [0.2, 0.25) is 0 Å². The number of fused-ring (bicyclic) bond motifs is 1. The van der Waals surface area contributed by atoms with Crippen molar-refractivity contribution in [3.8, 4) is 22.3 Å². The Hall–Kier alpha value is 0.940. The van der Waals surface area contributed by atoms with Gasteiger partial charge >= 0.3 is 0 Å². The molecular weight excluding hydrogens is 646 g/mol. The van der Waals surface area contributed by atoms with Crippen molar-refractivity contribution in [2.24, 2.45) is 0 Å². The second-order valence-electron chi connectivity index (χ2n) is 3.55. The second kappa shape index (κ2) is 8.54. The van der Waals surface area contributed by atoms with Gasteiger partial charge in [-0.2, -0.15) is 0 Å². The first kappa shape index (κ1) is 17.3. The highest BCUT2D eigenvalue weighted by atomic mass is 127. The highest BCUT2D eigenvalue weighted by molar-refractivity contribution is 14.2. The van der Waals surface area contributed by atoms with Crippen molar-refractivity contribution < 1.29 is 0 Å². The minimum absolute atomic E-state index is 1.00. The van der Waals surface area contributed by atoms with Crippen molar-refractivity contribution in [3.63, 3.8) is 0 Å². The van der Waals surface area contributed by atoms with Gasteiger partial charge in [-0.05, 0) is 83.1 Å². The summed E-state index contributed by atoms with van der Waals surface area (Å²) in [6, 6.07) is 8.21. The maximum absolute atomic E-state index is 3.58. The van der Waals surface area contributed by atoms with Crippen LogP contribution in [0.4, 0.5) is 0 Å². The van der Waals surface area contributed by atoms with E-state index in [-0.39, 0.29) is 0 Å². The van der Waals surface area contributed by atoms with E-state index in [1.54, 1.807) is 0 Å². The summed E-state index contributed by atoms with van der Waals surface area (Å²) in [5, 5.41) is 8.32. The second-order valence-corrected chi connectivity index (χ2v) is 8.62. The lowest BCUT2D eigenvalue weighted by molar-refractivity contribution is 1.60. The summed E-state index contributed by atoms with van der Waals surface area (Å²) < 4.78 is 2.01. The highest BCUT2D eigenvalue weighted by Crippen LogP contribution is 2.32. The molecule has 0 aromatic heterocycles. The lowest BCUT2D eigenvalue weighted by Gasteiger charge is -2.07. The smallest absolute Gasteiger partial charge is 0.0475 e. The maximum Gasteiger partial charge on any atom is 0.0475 e. The van der Waals surface area contributed by atoms with Gasteiger partial charge in [0.05, 0.1) is 0 Å². The molecule has 0 saturated heterocycles. The summed E-state index contributed by atoms with van der Waals surface area (Å²) in [7, 11) is 2.96. The Morgan fingerprint density at radius 1 is 0.750 bits per heavy atom. The van der Waals surface area contributed by atoms with E-state index in [4.69, 9.17) is 0 Å². The fourth-order valence-corrected chi connectivity index (χ4v) is 3.58. The zero-order valence-corrected chi connectivity index (χ0v) is 18.8. The van der Waals surface area contributed by atoms with Crippen molar-refractivity contribution in [3.05, 3.63) is 44.3 Å². The molecule has 0 aliphatic rings. The molecule has 0 atom stereocenters. The first-order valence-electron chi connectivity index (χ1n) is 5.17. The van der Waals surface area contributed by atoms with Crippen molar-refractivity contribution in [2.75, 3.05) is 0 Å². The summed E-state index contributed by atoms with van der Waals surface area (Å²) >= 11 is 11.5. The van der Waals surface area contributed by atoms with Gasteiger partial charge in [0, 0.05) is 62.5 Å². The fraction of sp³-hybridized carbons (Fsp3) is 0. The van der Waals surface area contributed by atoms with Crippen LogP contribution >= 0.6 is 92.1 Å². The molecule has 2 aromatic rings. The van der Waals surface area contributed by atoms with E-state index in [0.717, 1.165) is 30.8 Å². The van der Waals surface area contributed by atoms with Crippen LogP contribution < -0.4 is 0 Å². The highest BCUT2D eigenvalue weighted by Gasteiger charge is 2.09. The summed E-state index contributed by atoms with van der Waals surface area (Å²) in [5.74, 6) is 6.39. The average Bonchev–Trinajstić information content (AvgIpc) is 2.45. The van der Waals surface area contributed by atoms with Gasteiger partial charge in [-0.3, -0.25) is 0 Å². The van der Waals surface area contributed by atoms with Gasteiger partial charge < -0.3 is 0 Å². The van der Waals surface area contributed by atoms with Crippen LogP contribution in [0, 0.1) is 22.3 Å². The normalized spacial score (nSPS) is 9.60. The molecule has 2 rings (SSSR count). The van der Waals surface area contributed by atoms with E-state index in [1.807, 2.05) is 12.1 Å². The minimum atomic E-state index is 1.00. The van der Waals surface area contributed by atoms with Crippen LogP contribution in [0.5, 0.6) is 0 Å². The van der Waals surface area contributed by atoms with E-state index in [2.05, 4.69) is 109 Å². The number of rotatable bonds is 0. The first-order valence-corrected chi connectivity index (χ1v) is 13.5. The third-order valence-corrected chi connectivity index (χ3v) is 5.53. The summed E-state index contributed by atoms with van der Waals surface area (Å²) in [5.41, 5.74) is 2.01. The monoisotopic (exact) mass is 648 g/mol. The first-order chi connectivity index (χ1) is 9.69. The molecule has 0 heterocycles. The Morgan fingerprint density at radius 2 is 1.15 bits per heavy atom. The van der Waals surface area contributed by atoms with E-state index < -0.39 is 0 Å². The van der Waals surface area contributed by atoms with Crippen LogP contribution in [0.25, 0.3) is 10.8 Å². The Morgan fingerprint density at radius 3 is 1.50 bits per heavy atom. The zero-order valence-electron chi connectivity index (χ0n) is 9.64. The van der Waals surface area contributed by atoms with Gasteiger partial charge in [-0.1, -0.05) is 24.0 Å². The largest absolute Gasteiger partial charge is 0.0524 e. The molecule has 2 aromatic carbocycles. The Kier molecular flexibility index (Phi) is 7.39. The van der Waals surface area contributed by atoms with Crippen LogP contribution in [0.1, 0.15) is 11.1 Å². The molecule has 0 unspecified atom stereocenters. The summed E-state index contributed by atoms with van der Waals surface area (Å²) in [4.78, 5) is 0. The average molecular weight is 650 g/mol. The van der Waals surface area contributed by atoms with Crippen molar-refractivity contribution in [2.45, 2.75) is 0 Å². The SMILES string of the molecule is Brc1ccc2c(C#CSI)c(Br)ccc2c1C#CSI. The number of halogens is 4. The standard InChI is InChI=1S/C14H4Br2I2S2/c15-13-3-1-9-10(12(13)6-8-20-18)2-4-14(16)11(9)5-7-19-17/h1-4H. The molecule has 0 nitrogen and oxygen atoms in total. The van der Waals surface area contributed by atoms with Crippen molar-refractivity contribution >= 4 is 103 Å². The van der Waals surface area contributed by atoms with E-state index >= 15 is 0 Å². The quantitative estimate of drug-likeness (QED) is 0.220. The van der Waals surface area contributed by atoms with E-state index in [1.165, 1.54) is 17.9 Å². The molecule has 20 heavy (non-hydrogen) atoms. The van der Waals surface area contributed by atoms with Gasteiger partial charge in [-0.15, -0.1) is 0 Å². The molecule has 0 fully saturated rings. The molecule has 0 radical (unpaired) electrons. The maximum atomic E-state index is 3.58.